The van der Waals surface area contributed by atoms with Gasteiger partial charge in [0.2, 0.25) is 0 Å². The van der Waals surface area contributed by atoms with Gasteiger partial charge in [0.05, 0.1) is 30.9 Å². The Morgan fingerprint density at radius 1 is 1.00 bits per heavy atom. The van der Waals surface area contributed by atoms with Gasteiger partial charge in [-0.3, -0.25) is 9.59 Å². The number of benzene rings is 3. The Hall–Kier alpha value is -4.49. The van der Waals surface area contributed by atoms with Gasteiger partial charge >= 0.3 is 17.8 Å². The third-order valence-electron chi connectivity index (χ3n) is 4.90. The lowest BCUT2D eigenvalue weighted by Crippen LogP contribution is -2.32. The predicted octanol–water partition coefficient (Wildman–Crippen LogP) is 4.22. The number of halogens is 1. The zero-order valence-electron chi connectivity index (χ0n) is 19.4. The Morgan fingerprint density at radius 3 is 2.39 bits per heavy atom. The highest BCUT2D eigenvalue weighted by Gasteiger charge is 2.17. The van der Waals surface area contributed by atoms with E-state index in [1.54, 1.807) is 73.7 Å². The number of carbonyl (C=O) groups is 3. The van der Waals surface area contributed by atoms with E-state index in [0.29, 0.717) is 27.0 Å². The minimum absolute atomic E-state index is 0.207. The minimum atomic E-state index is -0.957. The van der Waals surface area contributed by atoms with Gasteiger partial charge in [0, 0.05) is 15.7 Å². The molecule has 9 nitrogen and oxygen atoms in total. The van der Waals surface area contributed by atoms with Crippen LogP contribution in [0.1, 0.15) is 28.4 Å². The summed E-state index contributed by atoms with van der Waals surface area (Å²) in [5.41, 5.74) is 4.74. The Labute approximate surface area is 215 Å². The first-order valence-electron chi connectivity index (χ1n) is 10.6. The van der Waals surface area contributed by atoms with Crippen LogP contribution in [0.15, 0.2) is 76.3 Å². The van der Waals surface area contributed by atoms with Crippen LogP contribution in [0, 0.1) is 11.3 Å². The average molecular weight is 549 g/mol. The van der Waals surface area contributed by atoms with Gasteiger partial charge in [-0.05, 0) is 70.9 Å². The Bertz CT molecular complexity index is 1360. The normalized spacial score (nSPS) is 10.7. The third-order valence-corrected chi connectivity index (χ3v) is 5.60. The lowest BCUT2D eigenvalue weighted by atomic mass is 10.1. The molecule has 0 aromatic heterocycles. The molecule has 2 N–H and O–H groups in total. The van der Waals surface area contributed by atoms with Crippen molar-refractivity contribution in [2.24, 2.45) is 5.10 Å². The van der Waals surface area contributed by atoms with Crippen molar-refractivity contribution in [3.05, 3.63) is 87.9 Å². The lowest BCUT2D eigenvalue weighted by molar-refractivity contribution is -0.136. The number of esters is 1. The van der Waals surface area contributed by atoms with Crippen molar-refractivity contribution in [3.63, 3.8) is 0 Å². The van der Waals surface area contributed by atoms with Crippen molar-refractivity contribution in [2.45, 2.75) is 13.3 Å². The molecule has 0 unspecified atom stereocenters. The highest BCUT2D eigenvalue weighted by molar-refractivity contribution is 9.10. The van der Waals surface area contributed by atoms with E-state index in [1.165, 1.54) is 7.11 Å². The van der Waals surface area contributed by atoms with E-state index < -0.39 is 17.8 Å². The van der Waals surface area contributed by atoms with E-state index in [1.807, 2.05) is 6.07 Å². The maximum atomic E-state index is 12.5. The molecule has 182 valence electrons. The molecule has 2 amide bonds. The number of methoxy groups -OCH3 is 1. The van der Waals surface area contributed by atoms with Crippen LogP contribution in [0.3, 0.4) is 0 Å². The van der Waals surface area contributed by atoms with Crippen LogP contribution in [0.5, 0.6) is 11.5 Å². The molecule has 3 aromatic carbocycles. The molecule has 0 atom stereocenters. The SMILES string of the molecule is COc1cc(/C(C)=N/NC(=O)C(=O)Nc2ccc(CC#N)cc2)ccc1OC(=O)c1ccccc1Br. The van der Waals surface area contributed by atoms with Crippen LogP contribution in [-0.2, 0) is 16.0 Å². The second kappa shape index (κ2) is 12.3. The van der Waals surface area contributed by atoms with Gasteiger partial charge in [-0.1, -0.05) is 24.3 Å². The van der Waals surface area contributed by atoms with Gasteiger partial charge < -0.3 is 14.8 Å². The third kappa shape index (κ3) is 6.77. The average Bonchev–Trinajstić information content (AvgIpc) is 2.88. The second-order valence-corrected chi connectivity index (χ2v) is 8.21. The number of hydrogen-bond acceptors (Lipinski definition) is 7. The number of nitriles is 1. The van der Waals surface area contributed by atoms with Gasteiger partial charge in [0.25, 0.3) is 0 Å². The van der Waals surface area contributed by atoms with Crippen molar-refractivity contribution >= 4 is 45.1 Å². The van der Waals surface area contributed by atoms with Gasteiger partial charge in [-0.2, -0.15) is 10.4 Å². The summed E-state index contributed by atoms with van der Waals surface area (Å²) in [5.74, 6) is -1.92. The minimum Gasteiger partial charge on any atom is -0.493 e. The summed E-state index contributed by atoms with van der Waals surface area (Å²) in [4.78, 5) is 36.8. The molecule has 10 heteroatoms. The van der Waals surface area contributed by atoms with Crippen molar-refractivity contribution < 1.29 is 23.9 Å². The first-order chi connectivity index (χ1) is 17.3. The van der Waals surface area contributed by atoms with Crippen molar-refractivity contribution in [1.82, 2.24) is 5.43 Å². The summed E-state index contributed by atoms with van der Waals surface area (Å²) >= 11 is 3.32. The molecule has 3 aromatic rings. The molecule has 0 heterocycles. The molecule has 0 aliphatic heterocycles. The molecule has 36 heavy (non-hydrogen) atoms. The van der Waals surface area contributed by atoms with E-state index in [0.717, 1.165) is 5.56 Å². The smallest absolute Gasteiger partial charge is 0.344 e. The largest absolute Gasteiger partial charge is 0.493 e. The molecule has 0 saturated carbocycles. The van der Waals surface area contributed by atoms with Crippen LogP contribution in [0.2, 0.25) is 0 Å². The molecule has 0 fully saturated rings. The summed E-state index contributed by atoms with van der Waals surface area (Å²) in [5, 5.41) is 15.1. The number of anilines is 1. The molecule has 0 spiro atoms. The number of amides is 2. The Morgan fingerprint density at radius 2 is 1.72 bits per heavy atom. The zero-order valence-corrected chi connectivity index (χ0v) is 21.0. The summed E-state index contributed by atoms with van der Waals surface area (Å²) in [6, 6.07) is 20.3. The van der Waals surface area contributed by atoms with E-state index >= 15 is 0 Å². The topological polar surface area (TPSA) is 130 Å². The maximum absolute atomic E-state index is 12.5. The maximum Gasteiger partial charge on any atom is 0.344 e. The Balaban J connectivity index is 1.64. The van der Waals surface area contributed by atoms with Crippen molar-refractivity contribution in [1.29, 1.82) is 5.26 Å². The van der Waals surface area contributed by atoms with Crippen LogP contribution < -0.4 is 20.2 Å². The highest BCUT2D eigenvalue weighted by atomic mass is 79.9. The summed E-state index contributed by atoms with van der Waals surface area (Å²) in [6.07, 6.45) is 0.252. The highest BCUT2D eigenvalue weighted by Crippen LogP contribution is 2.30. The first kappa shape index (κ1) is 26.1. The summed E-state index contributed by atoms with van der Waals surface area (Å²) in [7, 11) is 1.43. The molecule has 0 aliphatic carbocycles. The zero-order chi connectivity index (χ0) is 26.1. The number of nitrogens with zero attached hydrogens (tertiary/aromatic N) is 2. The van der Waals surface area contributed by atoms with E-state index in [4.69, 9.17) is 14.7 Å². The van der Waals surface area contributed by atoms with Crippen molar-refractivity contribution in [2.75, 3.05) is 12.4 Å². The predicted molar refractivity (Wildman–Crippen MR) is 137 cm³/mol. The van der Waals surface area contributed by atoms with E-state index in [9.17, 15) is 14.4 Å². The monoisotopic (exact) mass is 548 g/mol. The molecule has 3 rings (SSSR count). The van der Waals surface area contributed by atoms with Gasteiger partial charge in [-0.25, -0.2) is 10.2 Å². The quantitative estimate of drug-likeness (QED) is 0.149. The fourth-order valence-corrected chi connectivity index (χ4v) is 3.44. The van der Waals surface area contributed by atoms with Gasteiger partial charge in [-0.15, -0.1) is 0 Å². The van der Waals surface area contributed by atoms with E-state index in [-0.39, 0.29) is 17.9 Å². The number of ether oxygens (including phenoxy) is 2. The van der Waals surface area contributed by atoms with Crippen LogP contribution in [0.4, 0.5) is 5.69 Å². The number of rotatable bonds is 7. The van der Waals surface area contributed by atoms with Gasteiger partial charge in [0.15, 0.2) is 11.5 Å². The van der Waals surface area contributed by atoms with Crippen LogP contribution in [-0.4, -0.2) is 30.6 Å². The first-order valence-corrected chi connectivity index (χ1v) is 11.4. The standard InChI is InChI=1S/C26H21BrN4O5/c1-16(30-31-25(33)24(32)29-19-10-7-17(8-11-19)13-14-28)18-9-12-22(23(15-18)35-2)36-26(34)20-5-3-4-6-21(20)27/h3-12,15H,13H2,1-2H3,(H,29,32)(H,31,33)/b30-16+. The summed E-state index contributed by atoms with van der Waals surface area (Å²) < 4.78 is 11.4. The number of carbonyl (C=O) groups excluding carboxylic acids is 3. The van der Waals surface area contributed by atoms with Crippen LogP contribution in [0.25, 0.3) is 0 Å². The van der Waals surface area contributed by atoms with Crippen LogP contribution >= 0.6 is 15.9 Å². The fraction of sp³-hybridized carbons (Fsp3) is 0.115. The number of nitrogens with one attached hydrogen (secondary N) is 2. The molecule has 0 aliphatic rings. The summed E-state index contributed by atoms with van der Waals surface area (Å²) in [6.45, 7) is 1.63. The number of hydrogen-bond donors (Lipinski definition) is 2. The molecule has 0 bridgehead atoms. The lowest BCUT2D eigenvalue weighted by Gasteiger charge is -2.12. The molecule has 0 radical (unpaired) electrons. The Kier molecular flexibility index (Phi) is 8.91. The van der Waals surface area contributed by atoms with Crippen molar-refractivity contribution in [3.8, 4) is 17.6 Å². The number of hydrazone groups is 1. The molecule has 0 saturated heterocycles. The fourth-order valence-electron chi connectivity index (χ4n) is 2.99. The van der Waals surface area contributed by atoms with E-state index in [2.05, 4.69) is 31.8 Å². The molecular weight excluding hydrogens is 528 g/mol. The second-order valence-electron chi connectivity index (χ2n) is 7.36. The molecular formula is C26H21BrN4O5. The van der Waals surface area contributed by atoms with Gasteiger partial charge in [0.1, 0.15) is 0 Å².